The zero-order chi connectivity index (χ0) is 17.9. The molecule has 3 aromatic rings. The van der Waals surface area contributed by atoms with Gasteiger partial charge in [-0.25, -0.2) is 0 Å². The van der Waals surface area contributed by atoms with Gasteiger partial charge in [-0.2, -0.15) is 0 Å². The van der Waals surface area contributed by atoms with Gasteiger partial charge < -0.3 is 14.2 Å². The maximum absolute atomic E-state index is 6.08. The first-order chi connectivity index (χ1) is 12.8. The van der Waals surface area contributed by atoms with Crippen LogP contribution in [0.25, 0.3) is 5.69 Å². The molecular weight excluding hydrogens is 320 g/mol. The smallest absolute Gasteiger partial charge is 0.158 e. The Morgan fingerprint density at radius 1 is 0.962 bits per heavy atom. The fourth-order valence-electron chi connectivity index (χ4n) is 3.70. The lowest BCUT2D eigenvalue weighted by molar-refractivity contribution is 0.114. The Balaban J connectivity index is 1.61. The number of ether oxygens (including phenoxy) is 1. The van der Waals surface area contributed by atoms with Gasteiger partial charge in [0.1, 0.15) is 0 Å². The molecule has 0 radical (unpaired) electrons. The summed E-state index contributed by atoms with van der Waals surface area (Å²) < 4.78 is 8.30. The molecule has 134 valence electrons. The lowest BCUT2D eigenvalue weighted by Crippen LogP contribution is -2.22. The number of para-hydroxylation sites is 1. The number of aromatic nitrogens is 1. The van der Waals surface area contributed by atoms with Crippen molar-refractivity contribution < 1.29 is 4.74 Å². The topological polar surface area (TPSA) is 17.4 Å². The number of rotatable bonds is 5. The fraction of sp³-hybridized carbons (Fsp3) is 0.304. The van der Waals surface area contributed by atoms with E-state index in [1.54, 1.807) is 0 Å². The fourth-order valence-corrected chi connectivity index (χ4v) is 3.70. The summed E-state index contributed by atoms with van der Waals surface area (Å²) in [5.41, 5.74) is 6.40. The molecular formula is C23H26N2O. The molecule has 0 amide bonds. The number of hydrogen-bond donors (Lipinski definition) is 0. The van der Waals surface area contributed by atoms with Gasteiger partial charge in [-0.3, -0.25) is 0 Å². The van der Waals surface area contributed by atoms with Crippen molar-refractivity contribution in [3.05, 3.63) is 83.7 Å². The lowest BCUT2D eigenvalue weighted by atomic mass is 10.1. The van der Waals surface area contributed by atoms with E-state index in [9.17, 15) is 0 Å². The molecule has 4 rings (SSSR count). The van der Waals surface area contributed by atoms with Crippen LogP contribution >= 0.6 is 0 Å². The van der Waals surface area contributed by atoms with Crippen LogP contribution in [-0.4, -0.2) is 17.7 Å². The molecule has 1 aromatic heterocycles. The summed E-state index contributed by atoms with van der Waals surface area (Å²) in [7, 11) is 0. The van der Waals surface area contributed by atoms with Crippen LogP contribution in [0.4, 0.5) is 5.69 Å². The van der Waals surface area contributed by atoms with Crippen LogP contribution in [0.2, 0.25) is 0 Å². The molecule has 1 atom stereocenters. The molecule has 1 saturated heterocycles. The normalized spacial score (nSPS) is 17.0. The number of anilines is 1. The van der Waals surface area contributed by atoms with Crippen LogP contribution in [0.5, 0.6) is 0 Å². The summed E-state index contributed by atoms with van der Waals surface area (Å²) in [4.78, 5) is 2.35. The van der Waals surface area contributed by atoms with Gasteiger partial charge in [-0.1, -0.05) is 44.2 Å². The highest BCUT2D eigenvalue weighted by atomic mass is 16.5. The van der Waals surface area contributed by atoms with Gasteiger partial charge in [0.05, 0.1) is 6.61 Å². The number of nitrogens with zero attached hydrogens (tertiary/aromatic N) is 2. The third-order valence-corrected chi connectivity index (χ3v) is 5.22. The second kappa shape index (κ2) is 7.38. The molecule has 3 nitrogen and oxygen atoms in total. The quantitative estimate of drug-likeness (QED) is 0.636. The molecule has 0 spiro atoms. The first kappa shape index (κ1) is 16.9. The molecule has 3 heteroatoms. The second-order valence-electron chi connectivity index (χ2n) is 6.77. The van der Waals surface area contributed by atoms with Crippen LogP contribution in [0, 0.1) is 0 Å². The Hall–Kier alpha value is -2.52. The highest BCUT2D eigenvalue weighted by Gasteiger charge is 2.28. The minimum Gasteiger partial charge on any atom is -0.352 e. The Bertz CT molecular complexity index is 866. The number of aryl methyl sites for hydroxylation is 2. The van der Waals surface area contributed by atoms with Crippen molar-refractivity contribution in [2.45, 2.75) is 32.9 Å². The van der Waals surface area contributed by atoms with E-state index in [2.05, 4.69) is 90.3 Å². The van der Waals surface area contributed by atoms with E-state index in [-0.39, 0.29) is 6.23 Å². The summed E-state index contributed by atoms with van der Waals surface area (Å²) in [6, 6.07) is 19.6. The summed E-state index contributed by atoms with van der Waals surface area (Å²) >= 11 is 0. The summed E-state index contributed by atoms with van der Waals surface area (Å²) in [5, 5.41) is 0. The van der Waals surface area contributed by atoms with Crippen molar-refractivity contribution in [1.29, 1.82) is 0 Å². The minimum atomic E-state index is -0.0162. The zero-order valence-corrected chi connectivity index (χ0v) is 15.6. The van der Waals surface area contributed by atoms with E-state index in [4.69, 9.17) is 4.74 Å². The lowest BCUT2D eigenvalue weighted by Gasteiger charge is -2.24. The highest BCUT2D eigenvalue weighted by Crippen LogP contribution is 2.33. The highest BCUT2D eigenvalue weighted by molar-refractivity contribution is 5.51. The first-order valence-electron chi connectivity index (χ1n) is 9.53. The van der Waals surface area contributed by atoms with Crippen molar-refractivity contribution in [1.82, 2.24) is 4.57 Å². The van der Waals surface area contributed by atoms with E-state index in [0.717, 1.165) is 26.0 Å². The molecule has 2 heterocycles. The van der Waals surface area contributed by atoms with Crippen molar-refractivity contribution in [3.8, 4) is 5.69 Å². The number of hydrogen-bond acceptors (Lipinski definition) is 2. The largest absolute Gasteiger partial charge is 0.352 e. The standard InChI is InChI=1S/C23H26N2O/c1-3-18-9-11-21(12-10-18)25-15-16-26-23(25)20-13-14-24(17-20)22-8-6-5-7-19(22)4-2/h5-14,17,23H,3-4,15-16H2,1-2H3. The maximum atomic E-state index is 6.08. The van der Waals surface area contributed by atoms with Gasteiger partial charge in [0.25, 0.3) is 0 Å². The molecule has 0 N–H and O–H groups in total. The van der Waals surface area contributed by atoms with E-state index in [1.807, 2.05) is 0 Å². The van der Waals surface area contributed by atoms with E-state index in [1.165, 1.54) is 28.1 Å². The van der Waals surface area contributed by atoms with Crippen molar-refractivity contribution in [2.75, 3.05) is 18.1 Å². The predicted molar refractivity (Wildman–Crippen MR) is 107 cm³/mol. The molecule has 0 saturated carbocycles. The van der Waals surface area contributed by atoms with E-state index < -0.39 is 0 Å². The molecule has 2 aromatic carbocycles. The van der Waals surface area contributed by atoms with Crippen LogP contribution in [0.15, 0.2) is 67.0 Å². The minimum absolute atomic E-state index is 0.0162. The SMILES string of the molecule is CCc1ccc(N2CCOC2c2ccn(-c3ccccc3CC)c2)cc1. The molecule has 1 aliphatic heterocycles. The summed E-state index contributed by atoms with van der Waals surface area (Å²) in [6.45, 7) is 6.07. The van der Waals surface area contributed by atoms with Gasteiger partial charge in [-0.05, 0) is 48.2 Å². The summed E-state index contributed by atoms with van der Waals surface area (Å²) in [6.07, 6.45) is 6.43. The molecule has 1 aliphatic rings. The van der Waals surface area contributed by atoms with Crippen LogP contribution in [0.1, 0.15) is 36.8 Å². The maximum Gasteiger partial charge on any atom is 0.158 e. The molecule has 26 heavy (non-hydrogen) atoms. The molecule has 1 unspecified atom stereocenters. The number of benzene rings is 2. The Morgan fingerprint density at radius 3 is 2.54 bits per heavy atom. The monoisotopic (exact) mass is 346 g/mol. The van der Waals surface area contributed by atoms with Gasteiger partial charge >= 0.3 is 0 Å². The van der Waals surface area contributed by atoms with Crippen LogP contribution in [-0.2, 0) is 17.6 Å². The van der Waals surface area contributed by atoms with Gasteiger partial charge in [0.15, 0.2) is 6.23 Å². The average molecular weight is 346 g/mol. The first-order valence-corrected chi connectivity index (χ1v) is 9.53. The predicted octanol–water partition coefficient (Wildman–Crippen LogP) is 5.14. The zero-order valence-electron chi connectivity index (χ0n) is 15.6. The Morgan fingerprint density at radius 2 is 1.77 bits per heavy atom. The van der Waals surface area contributed by atoms with Gasteiger partial charge in [-0.15, -0.1) is 0 Å². The van der Waals surface area contributed by atoms with Crippen molar-refractivity contribution in [2.24, 2.45) is 0 Å². The Kier molecular flexibility index (Phi) is 4.81. The Labute approximate surface area is 155 Å². The molecule has 0 bridgehead atoms. The average Bonchev–Trinajstić information content (AvgIpc) is 3.37. The molecule has 0 aliphatic carbocycles. The molecule has 1 fully saturated rings. The third kappa shape index (κ3) is 3.15. The third-order valence-electron chi connectivity index (χ3n) is 5.22. The van der Waals surface area contributed by atoms with Crippen molar-refractivity contribution in [3.63, 3.8) is 0 Å². The van der Waals surface area contributed by atoms with Gasteiger partial charge in [0.2, 0.25) is 0 Å². The summed E-state index contributed by atoms with van der Waals surface area (Å²) in [5.74, 6) is 0. The van der Waals surface area contributed by atoms with E-state index >= 15 is 0 Å². The van der Waals surface area contributed by atoms with Crippen LogP contribution in [0.3, 0.4) is 0 Å². The second-order valence-corrected chi connectivity index (χ2v) is 6.77. The van der Waals surface area contributed by atoms with Crippen LogP contribution < -0.4 is 4.90 Å². The van der Waals surface area contributed by atoms with Crippen molar-refractivity contribution >= 4 is 5.69 Å². The van der Waals surface area contributed by atoms with Gasteiger partial charge in [0, 0.05) is 35.9 Å². The van der Waals surface area contributed by atoms with E-state index in [0.29, 0.717) is 0 Å².